The zero-order chi connectivity index (χ0) is 14.9. The molecule has 1 aliphatic heterocycles. The van der Waals surface area contributed by atoms with E-state index >= 15 is 0 Å². The van der Waals surface area contributed by atoms with E-state index in [9.17, 15) is 13.2 Å². The van der Waals surface area contributed by atoms with Crippen molar-refractivity contribution in [3.05, 3.63) is 23.4 Å². The van der Waals surface area contributed by atoms with Gasteiger partial charge >= 0.3 is 6.18 Å². The SMILES string of the molecule is CC(C)C1CCCN1c1nc(C(F)(F)F)ccc1CN. The second kappa shape index (κ2) is 5.60. The van der Waals surface area contributed by atoms with Crippen molar-refractivity contribution in [1.29, 1.82) is 0 Å². The summed E-state index contributed by atoms with van der Waals surface area (Å²) in [6.45, 7) is 5.10. The summed E-state index contributed by atoms with van der Waals surface area (Å²) in [6, 6.07) is 2.68. The van der Waals surface area contributed by atoms with Gasteiger partial charge in [-0.05, 0) is 24.8 Å². The van der Waals surface area contributed by atoms with E-state index in [4.69, 9.17) is 5.73 Å². The molecule has 1 atom stereocenters. The maximum Gasteiger partial charge on any atom is 0.433 e. The summed E-state index contributed by atoms with van der Waals surface area (Å²) < 4.78 is 38.5. The fraction of sp³-hybridized carbons (Fsp3) is 0.643. The smallest absolute Gasteiger partial charge is 0.353 e. The van der Waals surface area contributed by atoms with Gasteiger partial charge in [0.2, 0.25) is 0 Å². The predicted octanol–water partition coefficient (Wildman–Crippen LogP) is 3.18. The summed E-state index contributed by atoms with van der Waals surface area (Å²) in [4.78, 5) is 5.84. The molecule has 1 saturated heterocycles. The van der Waals surface area contributed by atoms with Crippen molar-refractivity contribution >= 4 is 5.82 Å². The quantitative estimate of drug-likeness (QED) is 0.928. The topological polar surface area (TPSA) is 42.2 Å². The molecule has 112 valence electrons. The van der Waals surface area contributed by atoms with Crippen LogP contribution in [-0.4, -0.2) is 17.6 Å². The average molecular weight is 287 g/mol. The fourth-order valence-corrected chi connectivity index (χ4v) is 2.79. The van der Waals surface area contributed by atoms with E-state index in [-0.39, 0.29) is 12.6 Å². The van der Waals surface area contributed by atoms with Gasteiger partial charge in [-0.25, -0.2) is 4.98 Å². The molecule has 1 aliphatic rings. The minimum atomic E-state index is -4.42. The monoisotopic (exact) mass is 287 g/mol. The third-order valence-corrected chi connectivity index (χ3v) is 3.81. The van der Waals surface area contributed by atoms with Crippen LogP contribution >= 0.6 is 0 Å². The van der Waals surface area contributed by atoms with Crippen molar-refractivity contribution in [2.75, 3.05) is 11.4 Å². The highest BCUT2D eigenvalue weighted by atomic mass is 19.4. The molecule has 0 radical (unpaired) electrons. The first kappa shape index (κ1) is 15.1. The largest absolute Gasteiger partial charge is 0.433 e. The van der Waals surface area contributed by atoms with Crippen molar-refractivity contribution < 1.29 is 13.2 Å². The van der Waals surface area contributed by atoms with E-state index in [1.807, 2.05) is 4.90 Å². The van der Waals surface area contributed by atoms with Crippen LogP contribution in [0.4, 0.5) is 19.0 Å². The molecule has 0 aliphatic carbocycles. The highest BCUT2D eigenvalue weighted by Gasteiger charge is 2.35. The number of pyridine rings is 1. The summed E-state index contributed by atoms with van der Waals surface area (Å²) in [6.07, 6.45) is -2.46. The van der Waals surface area contributed by atoms with Gasteiger partial charge in [0.15, 0.2) is 0 Å². The Hall–Kier alpha value is -1.30. The standard InChI is InChI=1S/C14H20F3N3/c1-9(2)11-4-3-7-20(11)13-10(8-18)5-6-12(19-13)14(15,16)17/h5-6,9,11H,3-4,7-8,18H2,1-2H3. The van der Waals surface area contributed by atoms with E-state index in [0.717, 1.165) is 25.5 Å². The van der Waals surface area contributed by atoms with Crippen LogP contribution in [0.15, 0.2) is 12.1 Å². The second-order valence-electron chi connectivity index (χ2n) is 5.53. The Balaban J connectivity index is 2.43. The van der Waals surface area contributed by atoms with Crippen LogP contribution in [0.3, 0.4) is 0 Å². The highest BCUT2D eigenvalue weighted by molar-refractivity contribution is 5.50. The summed E-state index contributed by atoms with van der Waals surface area (Å²) >= 11 is 0. The first-order valence-corrected chi connectivity index (χ1v) is 6.88. The molecule has 2 N–H and O–H groups in total. The van der Waals surface area contributed by atoms with Crippen molar-refractivity contribution in [1.82, 2.24) is 4.98 Å². The van der Waals surface area contributed by atoms with Crippen LogP contribution in [0, 0.1) is 5.92 Å². The van der Waals surface area contributed by atoms with Crippen LogP contribution in [0.2, 0.25) is 0 Å². The lowest BCUT2D eigenvalue weighted by Crippen LogP contribution is -2.35. The summed E-state index contributed by atoms with van der Waals surface area (Å²) in [5.41, 5.74) is 5.47. The molecule has 0 saturated carbocycles. The van der Waals surface area contributed by atoms with Gasteiger partial charge < -0.3 is 10.6 Å². The van der Waals surface area contributed by atoms with E-state index in [0.29, 0.717) is 17.3 Å². The van der Waals surface area contributed by atoms with Crippen LogP contribution in [0.1, 0.15) is 37.9 Å². The Morgan fingerprint density at radius 1 is 1.40 bits per heavy atom. The lowest BCUT2D eigenvalue weighted by Gasteiger charge is -2.30. The molecule has 3 nitrogen and oxygen atoms in total. The Morgan fingerprint density at radius 3 is 2.65 bits per heavy atom. The van der Waals surface area contributed by atoms with Gasteiger partial charge in [-0.15, -0.1) is 0 Å². The van der Waals surface area contributed by atoms with Crippen molar-refractivity contribution in [2.45, 2.75) is 45.5 Å². The molecule has 0 aromatic carbocycles. The highest BCUT2D eigenvalue weighted by Crippen LogP contribution is 2.34. The number of nitrogens with two attached hydrogens (primary N) is 1. The number of anilines is 1. The second-order valence-corrected chi connectivity index (χ2v) is 5.53. The number of halogens is 3. The van der Waals surface area contributed by atoms with Gasteiger partial charge in [0.05, 0.1) is 0 Å². The first-order chi connectivity index (χ1) is 9.34. The van der Waals surface area contributed by atoms with Crippen LogP contribution in [0.25, 0.3) is 0 Å². The van der Waals surface area contributed by atoms with E-state index in [1.165, 1.54) is 6.07 Å². The van der Waals surface area contributed by atoms with Gasteiger partial charge in [-0.2, -0.15) is 13.2 Å². The predicted molar refractivity (Wildman–Crippen MR) is 72.3 cm³/mol. The van der Waals surface area contributed by atoms with E-state index in [1.54, 1.807) is 0 Å². The first-order valence-electron chi connectivity index (χ1n) is 6.88. The summed E-state index contributed by atoms with van der Waals surface area (Å²) in [5, 5.41) is 0. The Morgan fingerprint density at radius 2 is 2.10 bits per heavy atom. The number of nitrogens with zero attached hydrogens (tertiary/aromatic N) is 2. The number of aromatic nitrogens is 1. The molecule has 1 aromatic rings. The minimum absolute atomic E-state index is 0.196. The van der Waals surface area contributed by atoms with Crippen LogP contribution in [-0.2, 0) is 12.7 Å². The third kappa shape index (κ3) is 2.90. The van der Waals surface area contributed by atoms with Crippen molar-refractivity contribution in [2.24, 2.45) is 11.7 Å². The Labute approximate surface area is 117 Å². The van der Waals surface area contributed by atoms with Gasteiger partial charge in [-0.3, -0.25) is 0 Å². The van der Waals surface area contributed by atoms with E-state index < -0.39 is 11.9 Å². The molecule has 1 fully saturated rings. The maximum absolute atomic E-state index is 12.8. The molecule has 0 spiro atoms. The summed E-state index contributed by atoms with van der Waals surface area (Å²) in [7, 11) is 0. The van der Waals surface area contributed by atoms with E-state index in [2.05, 4.69) is 18.8 Å². The lowest BCUT2D eigenvalue weighted by atomic mass is 10.0. The Bertz CT molecular complexity index is 471. The lowest BCUT2D eigenvalue weighted by molar-refractivity contribution is -0.141. The number of hydrogen-bond donors (Lipinski definition) is 1. The molecule has 2 heterocycles. The Kier molecular flexibility index (Phi) is 4.22. The van der Waals surface area contributed by atoms with Gasteiger partial charge in [-0.1, -0.05) is 19.9 Å². The number of alkyl halides is 3. The molecule has 1 aromatic heterocycles. The van der Waals surface area contributed by atoms with Crippen LogP contribution in [0.5, 0.6) is 0 Å². The molecular formula is C14H20F3N3. The molecule has 0 bridgehead atoms. The third-order valence-electron chi connectivity index (χ3n) is 3.81. The average Bonchev–Trinajstić information content (AvgIpc) is 2.86. The number of rotatable bonds is 3. The van der Waals surface area contributed by atoms with Crippen molar-refractivity contribution in [3.8, 4) is 0 Å². The van der Waals surface area contributed by atoms with Gasteiger partial charge in [0.25, 0.3) is 0 Å². The fourth-order valence-electron chi connectivity index (χ4n) is 2.79. The zero-order valence-corrected chi connectivity index (χ0v) is 11.7. The summed E-state index contributed by atoms with van der Waals surface area (Å²) in [5.74, 6) is 0.776. The maximum atomic E-state index is 12.8. The molecule has 0 amide bonds. The van der Waals surface area contributed by atoms with Crippen molar-refractivity contribution in [3.63, 3.8) is 0 Å². The van der Waals surface area contributed by atoms with Gasteiger partial charge in [0, 0.05) is 24.7 Å². The molecule has 1 unspecified atom stereocenters. The normalized spacial score (nSPS) is 19.9. The zero-order valence-electron chi connectivity index (χ0n) is 11.7. The molecular weight excluding hydrogens is 267 g/mol. The van der Waals surface area contributed by atoms with Gasteiger partial charge in [0.1, 0.15) is 11.5 Å². The van der Waals surface area contributed by atoms with Crippen LogP contribution < -0.4 is 10.6 Å². The molecule has 20 heavy (non-hydrogen) atoms. The minimum Gasteiger partial charge on any atom is -0.353 e. The molecule has 6 heteroatoms. The molecule has 2 rings (SSSR count). The number of hydrogen-bond acceptors (Lipinski definition) is 3.